The Morgan fingerprint density at radius 1 is 1.06 bits per heavy atom. The lowest BCUT2D eigenvalue weighted by atomic mass is 9.84. The van der Waals surface area contributed by atoms with Crippen molar-refractivity contribution in [2.45, 2.75) is 53.4 Å². The van der Waals surface area contributed by atoms with Gasteiger partial charge in [-0.2, -0.15) is 0 Å². The molecular weight excluding hydrogens is 473 g/mol. The Hall–Kier alpha value is -2.21. The Kier molecular flexibility index (Phi) is 5.18. The van der Waals surface area contributed by atoms with Crippen molar-refractivity contribution in [3.63, 3.8) is 0 Å². The second kappa shape index (κ2) is 7.91. The summed E-state index contributed by atoms with van der Waals surface area (Å²) in [5.41, 5.74) is 6.67. The number of aliphatic imine (C=N–C) groups is 1. The van der Waals surface area contributed by atoms with Crippen molar-refractivity contribution in [3.05, 3.63) is 62.2 Å². The Balaban J connectivity index is 1.57. The van der Waals surface area contributed by atoms with E-state index in [-0.39, 0.29) is 5.41 Å². The van der Waals surface area contributed by atoms with Gasteiger partial charge >= 0.3 is 0 Å². The lowest BCUT2D eigenvalue weighted by Crippen LogP contribution is -2.17. The largest absolute Gasteiger partial charge is 0.364 e. The van der Waals surface area contributed by atoms with Crippen LogP contribution in [0.4, 0.5) is 5.69 Å². The van der Waals surface area contributed by atoms with Gasteiger partial charge in [-0.3, -0.25) is 4.99 Å². The van der Waals surface area contributed by atoms with E-state index in [2.05, 4.69) is 82.6 Å². The van der Waals surface area contributed by atoms with Crippen LogP contribution in [-0.4, -0.2) is 12.4 Å². The summed E-state index contributed by atoms with van der Waals surface area (Å²) in [4.78, 5) is 7.75. The summed E-state index contributed by atoms with van der Waals surface area (Å²) in [5.74, 6) is 0.657. The lowest BCUT2D eigenvalue weighted by molar-refractivity contribution is 0.596. The molecule has 4 heterocycles. The van der Waals surface area contributed by atoms with E-state index >= 15 is 0 Å². The summed E-state index contributed by atoms with van der Waals surface area (Å²) in [6.07, 6.45) is 1.14. The van der Waals surface area contributed by atoms with E-state index in [9.17, 15) is 0 Å². The van der Waals surface area contributed by atoms with Crippen molar-refractivity contribution in [2.24, 2.45) is 10.9 Å². The van der Waals surface area contributed by atoms with Crippen LogP contribution in [0.3, 0.4) is 0 Å². The highest BCUT2D eigenvalue weighted by Crippen LogP contribution is 2.47. The Labute approximate surface area is 213 Å². The van der Waals surface area contributed by atoms with Gasteiger partial charge in [-0.25, -0.2) is 0 Å². The third kappa shape index (κ3) is 3.43. The summed E-state index contributed by atoms with van der Waals surface area (Å²) in [6.45, 7) is 14.5. The molecule has 1 N–H and O–H groups in total. The first-order valence-electron chi connectivity index (χ1n) is 12.0. The third-order valence-corrected chi connectivity index (χ3v) is 10.1. The molecule has 0 bridgehead atoms. The van der Waals surface area contributed by atoms with Crippen molar-refractivity contribution >= 4 is 75.7 Å². The molecular formula is C29H30N2S3. The number of hydrogen-bond donors (Lipinski definition) is 1. The number of fused-ring (bicyclic) bond motifs is 6. The number of nitrogens with zero attached hydrogens (tertiary/aromatic N) is 1. The summed E-state index contributed by atoms with van der Waals surface area (Å²) in [6, 6.07) is 11.7. The number of anilines is 1. The van der Waals surface area contributed by atoms with Crippen LogP contribution in [0.5, 0.6) is 0 Å². The van der Waals surface area contributed by atoms with Gasteiger partial charge in [0.25, 0.3) is 0 Å². The highest BCUT2D eigenvalue weighted by atomic mass is 32.1. The maximum absolute atomic E-state index is 5.02. The predicted octanol–water partition coefficient (Wildman–Crippen LogP) is 9.36. The van der Waals surface area contributed by atoms with Crippen LogP contribution in [0, 0.1) is 12.8 Å². The smallest absolute Gasteiger partial charge is 0.108 e. The quantitative estimate of drug-likeness (QED) is 0.261. The fourth-order valence-electron chi connectivity index (χ4n) is 5.17. The van der Waals surface area contributed by atoms with Crippen molar-refractivity contribution < 1.29 is 0 Å². The number of benzene rings is 2. The SMILES string of the molecule is Cc1sc2c(ccc3sc4c(c32)NCN=C4c2cc(C(C)(C)C)c3sccc3c2)c1CC(C)C. The first kappa shape index (κ1) is 22.3. The van der Waals surface area contributed by atoms with E-state index < -0.39 is 0 Å². The zero-order valence-corrected chi connectivity index (χ0v) is 23.1. The summed E-state index contributed by atoms with van der Waals surface area (Å²) >= 11 is 5.69. The molecule has 1 aliphatic heterocycles. The molecule has 0 atom stereocenters. The fraction of sp³-hybridized carbons (Fsp3) is 0.345. The Morgan fingerprint density at radius 2 is 1.88 bits per heavy atom. The van der Waals surface area contributed by atoms with Crippen LogP contribution in [0.2, 0.25) is 0 Å². The summed E-state index contributed by atoms with van der Waals surface area (Å²) in [7, 11) is 0. The molecule has 0 aliphatic carbocycles. The molecule has 0 fully saturated rings. The maximum atomic E-state index is 5.02. The first-order chi connectivity index (χ1) is 16.2. The van der Waals surface area contributed by atoms with Gasteiger partial charge in [-0.1, -0.05) is 40.7 Å². The molecule has 0 spiro atoms. The standard InChI is InChI=1S/C29H30N2S3/c1-15(2)11-20-16(3)33-27-19(20)7-8-22-23(27)25-28(34-22)24(30-14-31-25)18-12-17-9-10-32-26(17)21(13-18)29(4,5)6/h7-10,12-13,15,31H,11,14H2,1-6H3. The molecule has 0 saturated heterocycles. The molecule has 2 nitrogen and oxygen atoms in total. The van der Waals surface area contributed by atoms with Gasteiger partial charge in [0.1, 0.15) is 6.67 Å². The molecule has 0 amide bonds. The van der Waals surface area contributed by atoms with Gasteiger partial charge in [0.05, 0.1) is 16.3 Å². The van der Waals surface area contributed by atoms with Gasteiger partial charge in [0, 0.05) is 29.9 Å². The maximum Gasteiger partial charge on any atom is 0.108 e. The molecule has 174 valence electrons. The molecule has 0 saturated carbocycles. The molecule has 0 unspecified atom stereocenters. The minimum absolute atomic E-state index is 0.0864. The van der Waals surface area contributed by atoms with Gasteiger partial charge in [-0.15, -0.1) is 34.0 Å². The van der Waals surface area contributed by atoms with E-state index in [0.717, 1.165) is 12.1 Å². The van der Waals surface area contributed by atoms with E-state index in [0.29, 0.717) is 12.6 Å². The summed E-state index contributed by atoms with van der Waals surface area (Å²) < 4.78 is 4.18. The van der Waals surface area contributed by atoms with Crippen LogP contribution < -0.4 is 5.32 Å². The zero-order valence-electron chi connectivity index (χ0n) is 20.6. The fourth-order valence-corrected chi connectivity index (χ4v) is 8.80. The molecule has 2 aromatic carbocycles. The minimum Gasteiger partial charge on any atom is -0.364 e. The second-order valence-electron chi connectivity index (χ2n) is 10.8. The van der Waals surface area contributed by atoms with Crippen LogP contribution >= 0.6 is 34.0 Å². The number of hydrogen-bond acceptors (Lipinski definition) is 5. The highest BCUT2D eigenvalue weighted by Gasteiger charge is 2.26. The van der Waals surface area contributed by atoms with E-state index in [1.807, 2.05) is 34.0 Å². The summed E-state index contributed by atoms with van der Waals surface area (Å²) in [5, 5.41) is 10.0. The van der Waals surface area contributed by atoms with Crippen LogP contribution in [0.1, 0.15) is 61.1 Å². The Morgan fingerprint density at radius 3 is 2.65 bits per heavy atom. The van der Waals surface area contributed by atoms with Gasteiger partial charge in [0.15, 0.2) is 0 Å². The number of rotatable bonds is 3. The van der Waals surface area contributed by atoms with E-state index in [4.69, 9.17) is 4.99 Å². The zero-order chi connectivity index (χ0) is 23.8. The van der Waals surface area contributed by atoms with Gasteiger partial charge < -0.3 is 5.32 Å². The molecule has 5 heteroatoms. The molecule has 5 aromatic rings. The van der Waals surface area contributed by atoms with Crippen molar-refractivity contribution in [2.75, 3.05) is 12.0 Å². The molecule has 1 aliphatic rings. The van der Waals surface area contributed by atoms with Crippen LogP contribution in [0.15, 0.2) is 40.7 Å². The first-order valence-corrected chi connectivity index (χ1v) is 14.5. The number of aryl methyl sites for hydroxylation is 1. The van der Waals surface area contributed by atoms with Crippen molar-refractivity contribution in [1.29, 1.82) is 0 Å². The van der Waals surface area contributed by atoms with Crippen molar-refractivity contribution in [1.82, 2.24) is 0 Å². The predicted molar refractivity (Wildman–Crippen MR) is 155 cm³/mol. The van der Waals surface area contributed by atoms with Crippen LogP contribution in [0.25, 0.3) is 30.3 Å². The average molecular weight is 503 g/mol. The van der Waals surface area contributed by atoms with Gasteiger partial charge in [-0.05, 0) is 76.2 Å². The average Bonchev–Trinajstić information content (AvgIpc) is 3.47. The lowest BCUT2D eigenvalue weighted by Gasteiger charge is -2.22. The minimum atomic E-state index is 0.0864. The normalized spacial score (nSPS) is 14.3. The molecule has 3 aromatic heterocycles. The highest BCUT2D eigenvalue weighted by molar-refractivity contribution is 7.24. The van der Waals surface area contributed by atoms with Crippen LogP contribution in [-0.2, 0) is 11.8 Å². The Bertz CT molecular complexity index is 1600. The third-order valence-electron chi connectivity index (χ3n) is 6.77. The number of thiophene rings is 3. The second-order valence-corrected chi connectivity index (χ2v) is 14.0. The monoisotopic (exact) mass is 502 g/mol. The van der Waals surface area contributed by atoms with Gasteiger partial charge in [0.2, 0.25) is 0 Å². The van der Waals surface area contributed by atoms with Crippen molar-refractivity contribution in [3.8, 4) is 0 Å². The topological polar surface area (TPSA) is 24.4 Å². The molecule has 34 heavy (non-hydrogen) atoms. The number of nitrogens with one attached hydrogen (secondary N) is 1. The molecule has 6 rings (SSSR count). The van der Waals surface area contributed by atoms with E-state index in [1.165, 1.54) is 62.4 Å². The molecule has 0 radical (unpaired) electrons. The van der Waals surface area contributed by atoms with E-state index in [1.54, 1.807) is 0 Å².